The van der Waals surface area contributed by atoms with Crippen molar-refractivity contribution in [3.05, 3.63) is 60.2 Å². The third-order valence-electron chi connectivity index (χ3n) is 25.3. The number of carbonyl (C=O) groups is 2. The molecule has 0 aromatic heterocycles. The van der Waals surface area contributed by atoms with E-state index in [1.54, 1.807) is 0 Å². The summed E-state index contributed by atoms with van der Waals surface area (Å²) in [6, 6.07) is 0. The van der Waals surface area contributed by atoms with Crippen molar-refractivity contribution in [3.8, 4) is 0 Å². The second-order valence-electron chi connectivity index (χ2n) is 31.8. The Bertz CT molecular complexity index is 7630. The monoisotopic (exact) mass is 1120 g/mol. The number of ether oxygens (including phenoxy) is 1. The van der Waals surface area contributed by atoms with E-state index in [1.807, 2.05) is 67.2 Å². The van der Waals surface area contributed by atoms with Gasteiger partial charge in [0.2, 0.25) is 17.0 Å². The molecule has 0 spiro atoms. The third-order valence-corrected chi connectivity index (χ3v) is 25.3. The van der Waals surface area contributed by atoms with Crippen LogP contribution in [-0.2, 0) is 60.5 Å². The molecule has 1 amide bonds. The molecule has 2 aliphatic heterocycles. The largest absolute Gasteiger partial charge is 0.452 e. The molecule has 5 aliphatic carbocycles. The Morgan fingerprint density at radius 1 is 0.345 bits per heavy atom. The molecule has 0 bridgehead atoms. The Kier molecular flexibility index (Phi) is 4.68. The van der Waals surface area contributed by atoms with Crippen LogP contribution in [0.25, 0.3) is 243 Å². The van der Waals surface area contributed by atoms with E-state index in [9.17, 15) is 0 Å². The number of hydrogen-bond donors (Lipinski definition) is 0. The third kappa shape index (κ3) is 2.84. The molecule has 3 atom stereocenters. The van der Waals surface area contributed by atoms with Crippen LogP contribution < -0.4 is 10.6 Å². The molecule has 2 heterocycles. The van der Waals surface area contributed by atoms with Crippen LogP contribution in [0.4, 0.5) is 0 Å². The second-order valence-corrected chi connectivity index (χ2v) is 31.8. The van der Waals surface area contributed by atoms with E-state index in [-0.39, 0.29) is 28.4 Å². The number of Topliss-reactive ketones (excluding diaryl/α,β-unsaturated/α-hetero) is 1. The standard InChI is InChI=1S/C76H35NO10/c1-71(2,3)82-85-74-61-51-41-31-22-17-15-14-16-18(17)27-32(31)42-43-33(27)30-20(16)24-23-19(14)28-29-21(15)25-26(22)37(41)46-47-36(25)40(29)49-48-38(28)34(23)44-45-35(24)39(30)50-53(43)64(63(74)52(42)51)76(87-84-73(7,8)9)60(50)55(45)56-54(44)59(48)75(86-83-72(4,5)6,62(49)58(47)66(78)57(46)61)68(79)67(56)81-69(76)65(74)70(80)77-12-10-11-13-77/h10-13H2,1-9H3/t74-,75-,76+/m1/s1. The number of fused-ring (bicyclic) bond motifs is 4. The summed E-state index contributed by atoms with van der Waals surface area (Å²) in [6.07, 6.45) is 1.58. The summed E-state index contributed by atoms with van der Waals surface area (Å²) >= 11 is 0. The van der Waals surface area contributed by atoms with Crippen molar-refractivity contribution in [2.75, 3.05) is 13.1 Å². The Balaban J connectivity index is 1.08. The van der Waals surface area contributed by atoms with Crippen LogP contribution in [0.15, 0.2) is 16.1 Å². The van der Waals surface area contributed by atoms with Gasteiger partial charge in [-0.25, -0.2) is 29.3 Å². The lowest BCUT2D eigenvalue weighted by Crippen LogP contribution is -2.52. The van der Waals surface area contributed by atoms with E-state index < -0.39 is 39.4 Å². The van der Waals surface area contributed by atoms with Gasteiger partial charge < -0.3 is 9.64 Å². The topological polar surface area (TPSA) is 119 Å². The van der Waals surface area contributed by atoms with Gasteiger partial charge in [0.25, 0.3) is 5.91 Å². The molecule has 0 saturated carbocycles. The van der Waals surface area contributed by atoms with Crippen LogP contribution in [0.5, 0.6) is 0 Å². The first-order chi connectivity index (χ1) is 41.9. The van der Waals surface area contributed by atoms with Gasteiger partial charge in [0, 0.05) is 106 Å². The normalized spacial score (nSPS) is 23.8. The Labute approximate surface area is 482 Å². The van der Waals surface area contributed by atoms with E-state index in [2.05, 4.69) is 0 Å². The maximum Gasteiger partial charge on any atom is 0.257 e. The van der Waals surface area contributed by atoms with E-state index >= 15 is 14.4 Å². The van der Waals surface area contributed by atoms with Crippen LogP contribution in [0, 0.1) is 0 Å². The summed E-state index contributed by atoms with van der Waals surface area (Å²) in [6.45, 7) is 18.7. The van der Waals surface area contributed by atoms with Gasteiger partial charge in [0.05, 0.1) is 16.8 Å². The number of likely N-dealkylation sites (tertiary alicyclic amines) is 1. The molecule has 87 heavy (non-hydrogen) atoms. The molecule has 11 heteroatoms. The molecule has 7 aliphatic rings. The molecule has 30 rings (SSSR count). The second kappa shape index (κ2) is 10.00. The molecule has 1 saturated heterocycles. The number of carbonyl (C=O) groups excluding carboxylic acids is 2. The number of amides is 1. The summed E-state index contributed by atoms with van der Waals surface area (Å²) in [5, 5.41) is 50.4. The number of hydrogen-bond acceptors (Lipinski definition) is 10. The molecule has 11 nitrogen and oxygen atoms in total. The first-order valence-corrected chi connectivity index (χ1v) is 31.4. The number of rotatable bonds is 7. The van der Waals surface area contributed by atoms with Crippen molar-refractivity contribution >= 4 is 254 Å². The van der Waals surface area contributed by atoms with Crippen LogP contribution in [-0.4, -0.2) is 46.5 Å². The quantitative estimate of drug-likeness (QED) is 0.0867. The average Bonchev–Trinajstić information content (AvgIpc) is 1.40. The van der Waals surface area contributed by atoms with Crippen molar-refractivity contribution in [2.24, 2.45) is 0 Å². The molecule has 23 aromatic carbocycles. The molecule has 1 fully saturated rings. The molecular weight excluding hydrogens is 1090 g/mol. The van der Waals surface area contributed by atoms with Crippen LogP contribution in [0.1, 0.15) is 109 Å². The smallest absolute Gasteiger partial charge is 0.257 e. The lowest BCUT2D eigenvalue weighted by Gasteiger charge is -2.46. The van der Waals surface area contributed by atoms with Crippen molar-refractivity contribution < 1.29 is 43.7 Å². The minimum atomic E-state index is -2.09. The fourth-order valence-corrected chi connectivity index (χ4v) is 24.1. The highest BCUT2D eigenvalue weighted by atomic mass is 17.2. The molecule has 404 valence electrons. The molecule has 0 N–H and O–H groups in total. The highest BCUT2D eigenvalue weighted by molar-refractivity contribution is 6.78. The SMILES string of the molecule is CC(C)(C)OO[C@]12C3=C(C(=O)N4CCCC4)[C@]4(OOC(C)(C)C)c5c1c1c6c2c2c7c8c9c%10c%11c(c%12c(=O)c%13c4c4c5c5c1c1c%14c6c6c2c8c2c%10c8c%10c%11c%11c%12c%13c%12c4c4c5c1c1c5c4c%12c%11c%10c5c4c8c2c6c%14c14)[C@@]9(OOC(C)(C)C)C(=O)C=7O3. The highest BCUT2D eigenvalue weighted by Crippen LogP contribution is 2.81. The minimum Gasteiger partial charge on any atom is -0.452 e. The lowest BCUT2D eigenvalue weighted by atomic mass is 9.67. The van der Waals surface area contributed by atoms with Crippen LogP contribution in [0.2, 0.25) is 0 Å². The first kappa shape index (κ1) is 40.7. The van der Waals surface area contributed by atoms with Gasteiger partial charge in [-0.05, 0) is 258 Å². The van der Waals surface area contributed by atoms with Gasteiger partial charge in [-0.1, -0.05) is 0 Å². The van der Waals surface area contributed by atoms with Crippen molar-refractivity contribution in [1.82, 2.24) is 4.90 Å². The average molecular weight is 1120 g/mol. The zero-order valence-electron chi connectivity index (χ0n) is 47.9. The van der Waals surface area contributed by atoms with Crippen molar-refractivity contribution in [3.63, 3.8) is 0 Å². The lowest BCUT2D eigenvalue weighted by molar-refractivity contribution is -0.403. The number of benzene rings is 15. The molecular formula is C76H35NO10. The summed E-state index contributed by atoms with van der Waals surface area (Å²) in [5.74, 6) is -0.684. The first-order valence-electron chi connectivity index (χ1n) is 31.4. The van der Waals surface area contributed by atoms with Crippen LogP contribution >= 0.6 is 0 Å². The summed E-state index contributed by atoms with van der Waals surface area (Å²) < 4.78 is 8.32. The minimum absolute atomic E-state index is 0.0282. The summed E-state index contributed by atoms with van der Waals surface area (Å²) in [5.41, 5.74) is -4.64. The number of nitrogens with zero attached hydrogens (tertiary/aromatic N) is 1. The Morgan fingerprint density at radius 3 is 0.977 bits per heavy atom. The van der Waals surface area contributed by atoms with E-state index in [0.717, 1.165) is 132 Å². The van der Waals surface area contributed by atoms with Gasteiger partial charge in [0.15, 0.2) is 22.5 Å². The fraction of sp³-hybridized carbons (Fsp3) is 0.250. The van der Waals surface area contributed by atoms with Crippen molar-refractivity contribution in [1.29, 1.82) is 0 Å². The fourth-order valence-electron chi connectivity index (χ4n) is 24.1. The van der Waals surface area contributed by atoms with Gasteiger partial charge in [-0.3, -0.25) is 14.4 Å². The molecule has 0 radical (unpaired) electrons. The molecule has 23 aromatic rings. The maximum absolute atomic E-state index is 18.3. The van der Waals surface area contributed by atoms with Crippen LogP contribution in [0.3, 0.4) is 0 Å². The van der Waals surface area contributed by atoms with E-state index in [0.29, 0.717) is 40.2 Å². The molecule has 0 unspecified atom stereocenters. The Morgan fingerprint density at radius 2 is 0.609 bits per heavy atom. The van der Waals surface area contributed by atoms with Crippen molar-refractivity contribution in [2.45, 2.75) is 109 Å². The summed E-state index contributed by atoms with van der Waals surface area (Å²) in [4.78, 5) is 100. The van der Waals surface area contributed by atoms with E-state index in [1.165, 1.54) is 129 Å². The maximum atomic E-state index is 18.3. The van der Waals surface area contributed by atoms with Gasteiger partial charge in [-0.2, -0.15) is 0 Å². The van der Waals surface area contributed by atoms with E-state index in [4.69, 9.17) is 34.1 Å². The van der Waals surface area contributed by atoms with Gasteiger partial charge >= 0.3 is 0 Å². The Hall–Kier alpha value is -8.65. The van der Waals surface area contributed by atoms with Gasteiger partial charge in [-0.15, -0.1) is 0 Å². The van der Waals surface area contributed by atoms with Gasteiger partial charge in [0.1, 0.15) is 5.57 Å². The highest BCUT2D eigenvalue weighted by Gasteiger charge is 2.72. The summed E-state index contributed by atoms with van der Waals surface area (Å²) in [7, 11) is 0. The zero-order valence-corrected chi connectivity index (χ0v) is 47.9. The number of ketones is 1. The predicted molar refractivity (Wildman–Crippen MR) is 338 cm³/mol. The zero-order chi connectivity index (χ0) is 56.3. The predicted octanol–water partition coefficient (Wildman–Crippen LogP) is 15.9.